The molecule has 0 fully saturated rings. The highest BCUT2D eigenvalue weighted by Crippen LogP contribution is 2.02. The second-order valence-electron chi connectivity index (χ2n) is 3.24. The second kappa shape index (κ2) is 5.75. The van der Waals surface area contributed by atoms with E-state index in [0.717, 1.165) is 5.56 Å². The molecular weight excluding hydrogens is 186 g/mol. The van der Waals surface area contributed by atoms with E-state index in [-0.39, 0.29) is 0 Å². The van der Waals surface area contributed by atoms with E-state index in [1.807, 2.05) is 30.3 Å². The van der Waals surface area contributed by atoms with Gasteiger partial charge in [-0.15, -0.1) is 0 Å². The van der Waals surface area contributed by atoms with E-state index in [4.69, 9.17) is 5.73 Å². The summed E-state index contributed by atoms with van der Waals surface area (Å²) in [5.74, 6) is 0.672. The normalized spacial score (nSPS) is 12.6. The predicted molar refractivity (Wildman–Crippen MR) is 65.1 cm³/mol. The van der Waals surface area contributed by atoms with E-state index < -0.39 is 0 Å². The van der Waals surface area contributed by atoms with Crippen molar-refractivity contribution in [2.24, 2.45) is 15.7 Å². The Labute approximate surface area is 90.1 Å². The summed E-state index contributed by atoms with van der Waals surface area (Å²) in [6.07, 6.45) is 2.26. The van der Waals surface area contributed by atoms with Gasteiger partial charge in [-0.2, -0.15) is 0 Å². The van der Waals surface area contributed by atoms with Crippen LogP contribution in [0.1, 0.15) is 12.5 Å². The largest absolute Gasteiger partial charge is 0.401 e. The molecule has 0 heterocycles. The van der Waals surface area contributed by atoms with Gasteiger partial charge >= 0.3 is 0 Å². The number of allylic oxidation sites excluding steroid dienone is 1. The first-order valence-corrected chi connectivity index (χ1v) is 4.72. The van der Waals surface area contributed by atoms with E-state index in [9.17, 15) is 0 Å². The van der Waals surface area contributed by atoms with Crippen LogP contribution in [0.5, 0.6) is 0 Å². The molecule has 0 aliphatic heterocycles. The van der Waals surface area contributed by atoms with Crippen molar-refractivity contribution in [1.29, 1.82) is 0 Å². The van der Waals surface area contributed by atoms with Gasteiger partial charge in [0, 0.05) is 18.3 Å². The third-order valence-electron chi connectivity index (χ3n) is 1.80. The van der Waals surface area contributed by atoms with Crippen LogP contribution < -0.4 is 5.73 Å². The van der Waals surface area contributed by atoms with Crippen molar-refractivity contribution in [3.63, 3.8) is 0 Å². The van der Waals surface area contributed by atoms with Crippen molar-refractivity contribution in [2.45, 2.75) is 13.3 Å². The molecule has 0 unspecified atom stereocenters. The number of benzene rings is 1. The predicted octanol–water partition coefficient (Wildman–Crippen LogP) is 2.15. The molecule has 2 N–H and O–H groups in total. The van der Waals surface area contributed by atoms with Crippen LogP contribution in [0.2, 0.25) is 0 Å². The molecule has 0 aromatic heterocycles. The van der Waals surface area contributed by atoms with E-state index in [1.54, 1.807) is 13.1 Å². The maximum atomic E-state index is 5.48. The Bertz CT molecular complexity index is 373. The smallest absolute Gasteiger partial charge is 0.131 e. The van der Waals surface area contributed by atoms with Crippen LogP contribution in [-0.2, 0) is 6.42 Å². The van der Waals surface area contributed by atoms with Crippen LogP contribution in [-0.4, -0.2) is 12.6 Å². The van der Waals surface area contributed by atoms with Crippen LogP contribution in [0.15, 0.2) is 52.2 Å². The number of aliphatic imine (C=N–C) groups is 2. The molecule has 3 heteroatoms. The van der Waals surface area contributed by atoms with Gasteiger partial charge in [0.05, 0.1) is 0 Å². The maximum absolute atomic E-state index is 5.48. The van der Waals surface area contributed by atoms with Crippen LogP contribution in [0.4, 0.5) is 0 Å². The number of amidine groups is 1. The average Bonchev–Trinajstić information content (AvgIpc) is 2.25. The van der Waals surface area contributed by atoms with Gasteiger partial charge < -0.3 is 5.73 Å². The van der Waals surface area contributed by atoms with Crippen molar-refractivity contribution in [3.05, 3.63) is 47.8 Å². The lowest BCUT2D eigenvalue weighted by Gasteiger charge is -1.99. The fraction of sp³-hybridized carbons (Fsp3) is 0.167. The summed E-state index contributed by atoms with van der Waals surface area (Å²) in [7, 11) is 0. The molecule has 0 bridgehead atoms. The standard InChI is InChI=1S/C12H15N3/c1-10(13)9-15-12(14-2)8-11-6-4-3-5-7-11/h3-7,9H,2,8,13H2,1H3/b10-9+,15-12?. The number of nitrogens with two attached hydrogens (primary N) is 1. The quantitative estimate of drug-likeness (QED) is 0.591. The molecule has 78 valence electrons. The zero-order chi connectivity index (χ0) is 11.1. The topological polar surface area (TPSA) is 50.7 Å². The third kappa shape index (κ3) is 4.22. The lowest BCUT2D eigenvalue weighted by Crippen LogP contribution is -1.99. The summed E-state index contributed by atoms with van der Waals surface area (Å²) in [4.78, 5) is 7.99. The van der Waals surface area contributed by atoms with Gasteiger partial charge in [-0.1, -0.05) is 30.3 Å². The van der Waals surface area contributed by atoms with E-state index in [2.05, 4.69) is 16.7 Å². The van der Waals surface area contributed by atoms with Gasteiger partial charge in [0.25, 0.3) is 0 Å². The molecule has 3 nitrogen and oxygen atoms in total. The molecule has 1 aromatic rings. The van der Waals surface area contributed by atoms with Gasteiger partial charge in [-0.3, -0.25) is 0 Å². The van der Waals surface area contributed by atoms with Crippen LogP contribution in [0.25, 0.3) is 0 Å². The Balaban J connectivity index is 2.75. The van der Waals surface area contributed by atoms with Crippen LogP contribution in [0.3, 0.4) is 0 Å². The Morgan fingerprint density at radius 3 is 2.60 bits per heavy atom. The minimum Gasteiger partial charge on any atom is -0.401 e. The summed E-state index contributed by atoms with van der Waals surface area (Å²) >= 11 is 0. The summed E-state index contributed by atoms with van der Waals surface area (Å²) in [5, 5.41) is 0. The van der Waals surface area contributed by atoms with E-state index in [1.165, 1.54) is 0 Å². The maximum Gasteiger partial charge on any atom is 0.131 e. The van der Waals surface area contributed by atoms with Crippen molar-refractivity contribution < 1.29 is 0 Å². The molecule has 0 radical (unpaired) electrons. The molecule has 15 heavy (non-hydrogen) atoms. The Morgan fingerprint density at radius 1 is 1.40 bits per heavy atom. The molecule has 0 amide bonds. The van der Waals surface area contributed by atoms with Crippen molar-refractivity contribution >= 4 is 12.6 Å². The average molecular weight is 201 g/mol. The molecule has 0 atom stereocenters. The van der Waals surface area contributed by atoms with Crippen molar-refractivity contribution in [3.8, 4) is 0 Å². The number of nitrogens with zero attached hydrogens (tertiary/aromatic N) is 2. The highest BCUT2D eigenvalue weighted by molar-refractivity contribution is 5.88. The number of rotatable bonds is 3. The van der Waals surface area contributed by atoms with Crippen molar-refractivity contribution in [2.75, 3.05) is 0 Å². The van der Waals surface area contributed by atoms with Gasteiger partial charge in [0.15, 0.2) is 0 Å². The number of hydrogen-bond acceptors (Lipinski definition) is 2. The van der Waals surface area contributed by atoms with E-state index >= 15 is 0 Å². The fourth-order valence-corrected chi connectivity index (χ4v) is 1.10. The van der Waals surface area contributed by atoms with Gasteiger partial charge in [0.2, 0.25) is 0 Å². The van der Waals surface area contributed by atoms with Gasteiger partial charge in [0.1, 0.15) is 5.84 Å². The summed E-state index contributed by atoms with van der Waals surface area (Å²) in [5.41, 5.74) is 7.30. The molecule has 0 saturated carbocycles. The highest BCUT2D eigenvalue weighted by Gasteiger charge is 1.96. The van der Waals surface area contributed by atoms with Crippen LogP contribution >= 0.6 is 0 Å². The minimum atomic E-state index is 0.657. The lowest BCUT2D eigenvalue weighted by molar-refractivity contribution is 1.23. The van der Waals surface area contributed by atoms with Gasteiger partial charge in [-0.05, 0) is 19.2 Å². The first kappa shape index (κ1) is 11.2. The third-order valence-corrected chi connectivity index (χ3v) is 1.80. The first-order valence-electron chi connectivity index (χ1n) is 4.72. The van der Waals surface area contributed by atoms with Crippen molar-refractivity contribution in [1.82, 2.24) is 0 Å². The number of hydrogen-bond donors (Lipinski definition) is 1. The zero-order valence-corrected chi connectivity index (χ0v) is 8.85. The Kier molecular flexibility index (Phi) is 4.29. The summed E-state index contributed by atoms with van der Waals surface area (Å²) in [6.45, 7) is 5.27. The summed E-state index contributed by atoms with van der Waals surface area (Å²) < 4.78 is 0. The molecule has 1 aromatic carbocycles. The second-order valence-corrected chi connectivity index (χ2v) is 3.24. The lowest BCUT2D eigenvalue weighted by atomic mass is 10.1. The van der Waals surface area contributed by atoms with Gasteiger partial charge in [-0.25, -0.2) is 9.98 Å². The molecule has 0 spiro atoms. The molecule has 0 saturated heterocycles. The first-order chi connectivity index (χ1) is 7.22. The molecule has 0 aliphatic rings. The zero-order valence-electron chi connectivity index (χ0n) is 8.85. The highest BCUT2D eigenvalue weighted by atomic mass is 14.9. The van der Waals surface area contributed by atoms with E-state index in [0.29, 0.717) is 18.0 Å². The summed E-state index contributed by atoms with van der Waals surface area (Å²) in [6, 6.07) is 10.0. The molecule has 0 aliphatic carbocycles. The molecular formula is C12H15N3. The SMILES string of the molecule is C=NC(Cc1ccccc1)=N/C=C(\C)N. The monoisotopic (exact) mass is 201 g/mol. The fourth-order valence-electron chi connectivity index (χ4n) is 1.10. The Hall–Kier alpha value is -1.90. The minimum absolute atomic E-state index is 0.657. The molecule has 1 rings (SSSR count). The van der Waals surface area contributed by atoms with Crippen LogP contribution in [0, 0.1) is 0 Å². The Morgan fingerprint density at radius 2 is 2.07 bits per heavy atom.